The molecule has 0 aliphatic heterocycles. The van der Waals surface area contributed by atoms with Crippen LogP contribution >= 0.6 is 0 Å². The molecule has 2 heteroatoms. The Morgan fingerprint density at radius 1 is 1.45 bits per heavy atom. The van der Waals surface area contributed by atoms with Crippen molar-refractivity contribution in [3.05, 3.63) is 36.3 Å². The maximum atomic E-state index is 3.99. The molecule has 0 N–H and O–H groups in total. The summed E-state index contributed by atoms with van der Waals surface area (Å²) in [5.41, 5.74) is 1.13. The molecule has 0 radical (unpaired) electrons. The predicted octanol–water partition coefficient (Wildman–Crippen LogP) is 1.61. The van der Waals surface area contributed by atoms with Crippen LogP contribution < -0.4 is 0 Å². The highest BCUT2D eigenvalue weighted by molar-refractivity contribution is 5.46. The second-order valence-corrected chi connectivity index (χ2v) is 2.57. The molecule has 0 bridgehead atoms. The minimum absolute atomic E-state index is 1.13. The molecule has 0 saturated heterocycles. The SMILES string of the molecule is CN(C)/C=C/c1cccnc1. The summed E-state index contributed by atoms with van der Waals surface area (Å²) in [4.78, 5) is 5.99. The summed E-state index contributed by atoms with van der Waals surface area (Å²) >= 11 is 0. The molecule has 0 aliphatic rings. The average molecular weight is 148 g/mol. The largest absolute Gasteiger partial charge is 0.383 e. The van der Waals surface area contributed by atoms with Crippen molar-refractivity contribution in [2.45, 2.75) is 0 Å². The number of hydrogen-bond acceptors (Lipinski definition) is 2. The minimum atomic E-state index is 1.13. The van der Waals surface area contributed by atoms with Gasteiger partial charge in [-0.2, -0.15) is 0 Å². The van der Waals surface area contributed by atoms with Gasteiger partial charge in [-0.3, -0.25) is 4.98 Å². The number of aromatic nitrogens is 1. The molecular formula is C9H12N2. The van der Waals surface area contributed by atoms with E-state index in [1.165, 1.54) is 0 Å². The molecule has 1 rings (SSSR count). The fraction of sp³-hybridized carbons (Fsp3) is 0.222. The molecule has 0 aliphatic carbocycles. The van der Waals surface area contributed by atoms with Gasteiger partial charge in [0.1, 0.15) is 0 Å². The molecule has 1 heterocycles. The van der Waals surface area contributed by atoms with E-state index in [0.717, 1.165) is 5.56 Å². The van der Waals surface area contributed by atoms with Gasteiger partial charge < -0.3 is 4.90 Å². The Morgan fingerprint density at radius 3 is 2.82 bits per heavy atom. The maximum Gasteiger partial charge on any atom is 0.0340 e. The van der Waals surface area contributed by atoms with Crippen LogP contribution in [0, 0.1) is 0 Å². The molecule has 1 aromatic rings. The second kappa shape index (κ2) is 3.76. The van der Waals surface area contributed by atoms with E-state index in [9.17, 15) is 0 Å². The average Bonchev–Trinajstić information content (AvgIpc) is 2.03. The lowest BCUT2D eigenvalue weighted by molar-refractivity contribution is 0.567. The highest BCUT2D eigenvalue weighted by Crippen LogP contribution is 1.98. The van der Waals surface area contributed by atoms with Crippen LogP contribution in [0.1, 0.15) is 5.56 Å². The number of rotatable bonds is 2. The molecule has 0 fully saturated rings. The summed E-state index contributed by atoms with van der Waals surface area (Å²) in [6.07, 6.45) is 7.62. The van der Waals surface area contributed by atoms with E-state index in [4.69, 9.17) is 0 Å². The number of pyridine rings is 1. The lowest BCUT2D eigenvalue weighted by atomic mass is 10.3. The van der Waals surface area contributed by atoms with Crippen LogP contribution in [0.4, 0.5) is 0 Å². The first-order valence-electron chi connectivity index (χ1n) is 3.54. The molecule has 0 saturated carbocycles. The van der Waals surface area contributed by atoms with Crippen LogP contribution in [0.25, 0.3) is 6.08 Å². The molecule has 2 nitrogen and oxygen atoms in total. The lowest BCUT2D eigenvalue weighted by Crippen LogP contribution is -1.99. The molecule has 0 aromatic carbocycles. The topological polar surface area (TPSA) is 16.1 Å². The zero-order valence-electron chi connectivity index (χ0n) is 6.86. The first-order chi connectivity index (χ1) is 5.29. The normalized spacial score (nSPS) is 10.4. The monoisotopic (exact) mass is 148 g/mol. The van der Waals surface area contributed by atoms with Crippen molar-refractivity contribution in [1.82, 2.24) is 9.88 Å². The second-order valence-electron chi connectivity index (χ2n) is 2.57. The Bertz CT molecular complexity index is 227. The summed E-state index contributed by atoms with van der Waals surface area (Å²) in [7, 11) is 3.99. The molecule has 58 valence electrons. The van der Waals surface area contributed by atoms with E-state index in [-0.39, 0.29) is 0 Å². The van der Waals surface area contributed by atoms with Gasteiger partial charge in [0.25, 0.3) is 0 Å². The number of nitrogens with zero attached hydrogens (tertiary/aromatic N) is 2. The standard InChI is InChI=1S/C9H12N2/c1-11(2)7-5-9-4-3-6-10-8-9/h3-8H,1-2H3/b7-5+. The summed E-state index contributed by atoms with van der Waals surface area (Å²) in [6, 6.07) is 3.95. The molecule has 0 amide bonds. The number of hydrogen-bond donors (Lipinski definition) is 0. The fourth-order valence-corrected chi connectivity index (χ4v) is 0.710. The van der Waals surface area contributed by atoms with Crippen LogP contribution in [-0.4, -0.2) is 24.0 Å². The van der Waals surface area contributed by atoms with E-state index in [1.807, 2.05) is 49.6 Å². The highest BCUT2D eigenvalue weighted by Gasteiger charge is 1.82. The summed E-state index contributed by atoms with van der Waals surface area (Å²) in [6.45, 7) is 0. The van der Waals surface area contributed by atoms with Gasteiger partial charge in [0.05, 0.1) is 0 Å². The van der Waals surface area contributed by atoms with Crippen LogP contribution in [-0.2, 0) is 0 Å². The summed E-state index contributed by atoms with van der Waals surface area (Å²) in [5.74, 6) is 0. The molecule has 1 aromatic heterocycles. The molecule has 0 spiro atoms. The Kier molecular flexibility index (Phi) is 2.66. The van der Waals surface area contributed by atoms with Crippen molar-refractivity contribution in [3.63, 3.8) is 0 Å². The van der Waals surface area contributed by atoms with Gasteiger partial charge in [0.15, 0.2) is 0 Å². The van der Waals surface area contributed by atoms with Gasteiger partial charge in [-0.15, -0.1) is 0 Å². The van der Waals surface area contributed by atoms with Gasteiger partial charge in [-0.25, -0.2) is 0 Å². The van der Waals surface area contributed by atoms with Gasteiger partial charge in [-0.05, 0) is 23.9 Å². The van der Waals surface area contributed by atoms with Crippen molar-refractivity contribution >= 4 is 6.08 Å². The van der Waals surface area contributed by atoms with Crippen molar-refractivity contribution in [2.24, 2.45) is 0 Å². The van der Waals surface area contributed by atoms with Crippen LogP contribution in [0.5, 0.6) is 0 Å². The van der Waals surface area contributed by atoms with Gasteiger partial charge >= 0.3 is 0 Å². The Morgan fingerprint density at radius 2 is 2.27 bits per heavy atom. The van der Waals surface area contributed by atoms with Gasteiger partial charge in [0.2, 0.25) is 0 Å². The zero-order chi connectivity index (χ0) is 8.10. The minimum Gasteiger partial charge on any atom is -0.383 e. The zero-order valence-corrected chi connectivity index (χ0v) is 6.86. The van der Waals surface area contributed by atoms with Crippen molar-refractivity contribution in [2.75, 3.05) is 14.1 Å². The van der Waals surface area contributed by atoms with E-state index in [0.29, 0.717) is 0 Å². The van der Waals surface area contributed by atoms with Crippen LogP contribution in [0.2, 0.25) is 0 Å². The molecular weight excluding hydrogens is 136 g/mol. The first-order valence-corrected chi connectivity index (χ1v) is 3.54. The molecule has 0 unspecified atom stereocenters. The molecule has 0 atom stereocenters. The smallest absolute Gasteiger partial charge is 0.0340 e. The van der Waals surface area contributed by atoms with Gasteiger partial charge in [-0.1, -0.05) is 6.07 Å². The summed E-state index contributed by atoms with van der Waals surface area (Å²) < 4.78 is 0. The Balaban J connectivity index is 2.65. The quantitative estimate of drug-likeness (QED) is 0.633. The predicted molar refractivity (Wildman–Crippen MR) is 47.0 cm³/mol. The van der Waals surface area contributed by atoms with E-state index in [2.05, 4.69) is 4.98 Å². The summed E-state index contributed by atoms with van der Waals surface area (Å²) in [5, 5.41) is 0. The van der Waals surface area contributed by atoms with Crippen molar-refractivity contribution in [1.29, 1.82) is 0 Å². The fourth-order valence-electron chi connectivity index (χ4n) is 0.710. The Hall–Kier alpha value is -1.31. The third-order valence-corrected chi connectivity index (χ3v) is 1.25. The van der Waals surface area contributed by atoms with Gasteiger partial charge in [0, 0.05) is 26.5 Å². The third-order valence-electron chi connectivity index (χ3n) is 1.25. The van der Waals surface area contributed by atoms with E-state index < -0.39 is 0 Å². The van der Waals surface area contributed by atoms with E-state index in [1.54, 1.807) is 6.20 Å². The lowest BCUT2D eigenvalue weighted by Gasteiger charge is -2.02. The highest BCUT2D eigenvalue weighted by atomic mass is 15.0. The van der Waals surface area contributed by atoms with Crippen LogP contribution in [0.15, 0.2) is 30.7 Å². The first kappa shape index (κ1) is 7.79. The van der Waals surface area contributed by atoms with Crippen LogP contribution in [0.3, 0.4) is 0 Å². The maximum absolute atomic E-state index is 3.99. The Labute approximate surface area is 67.2 Å². The van der Waals surface area contributed by atoms with E-state index >= 15 is 0 Å². The van der Waals surface area contributed by atoms with Crippen molar-refractivity contribution in [3.8, 4) is 0 Å². The molecule has 11 heavy (non-hydrogen) atoms. The third kappa shape index (κ3) is 2.85. The van der Waals surface area contributed by atoms with Crippen molar-refractivity contribution < 1.29 is 0 Å².